The summed E-state index contributed by atoms with van der Waals surface area (Å²) in [6.07, 6.45) is -5.12. The number of ketones is 1. The van der Waals surface area contributed by atoms with Crippen molar-refractivity contribution in [1.29, 1.82) is 5.26 Å². The van der Waals surface area contributed by atoms with Crippen molar-refractivity contribution in [3.63, 3.8) is 0 Å². The van der Waals surface area contributed by atoms with Crippen LogP contribution in [0, 0.1) is 24.8 Å². The molecule has 0 bridgehead atoms. The van der Waals surface area contributed by atoms with E-state index in [0.717, 1.165) is 17.7 Å². The van der Waals surface area contributed by atoms with Crippen LogP contribution in [0.3, 0.4) is 0 Å². The standard InChI is InChI=1S/C22H20F3N3O2/c1-14-9-17(7-6-16(14)12-26)28(4)13-21(2,30)20(29)11-15-5-8-19(27-3)18(10-15)22(23,24)25/h5-10,30H,11,13H2,1-2,4H3/t21-/m0/s1. The molecule has 0 amide bonds. The maximum atomic E-state index is 13.1. The third-order valence-electron chi connectivity index (χ3n) is 4.77. The van der Waals surface area contributed by atoms with Crippen molar-refractivity contribution < 1.29 is 23.1 Å². The Morgan fingerprint density at radius 3 is 2.47 bits per heavy atom. The molecule has 0 saturated carbocycles. The second kappa shape index (κ2) is 8.56. The third-order valence-corrected chi connectivity index (χ3v) is 4.77. The van der Waals surface area contributed by atoms with Gasteiger partial charge in [0.25, 0.3) is 0 Å². The molecule has 2 rings (SSSR count). The third kappa shape index (κ3) is 5.16. The van der Waals surface area contributed by atoms with Crippen LogP contribution in [0.15, 0.2) is 36.4 Å². The molecule has 0 heterocycles. The number of rotatable bonds is 6. The Hall–Kier alpha value is -3.36. The molecule has 0 fully saturated rings. The van der Waals surface area contributed by atoms with Gasteiger partial charge in [0.15, 0.2) is 11.5 Å². The van der Waals surface area contributed by atoms with Crippen LogP contribution in [0.2, 0.25) is 0 Å². The van der Waals surface area contributed by atoms with Gasteiger partial charge < -0.3 is 10.0 Å². The molecule has 0 aliphatic carbocycles. The summed E-state index contributed by atoms with van der Waals surface area (Å²) < 4.78 is 39.4. The molecule has 2 aromatic rings. The molecule has 30 heavy (non-hydrogen) atoms. The largest absolute Gasteiger partial charge is 0.407 e. The number of benzene rings is 2. The van der Waals surface area contributed by atoms with E-state index in [1.807, 2.05) is 0 Å². The first kappa shape index (κ1) is 22.9. The van der Waals surface area contributed by atoms with E-state index in [0.29, 0.717) is 11.3 Å². The number of hydrogen-bond donors (Lipinski definition) is 1. The number of likely N-dealkylation sites (N-methyl/N-ethyl adjacent to an activating group) is 1. The first-order valence-electron chi connectivity index (χ1n) is 8.94. The highest BCUT2D eigenvalue weighted by Gasteiger charge is 2.35. The van der Waals surface area contributed by atoms with Crippen molar-refractivity contribution in [2.24, 2.45) is 0 Å². The van der Waals surface area contributed by atoms with Gasteiger partial charge >= 0.3 is 6.18 Å². The summed E-state index contributed by atoms with van der Waals surface area (Å²) in [7, 11) is 1.66. The van der Waals surface area contributed by atoms with E-state index in [1.165, 1.54) is 13.0 Å². The monoisotopic (exact) mass is 415 g/mol. The SMILES string of the molecule is [C-]#[N+]c1ccc(CC(=O)[C@@](C)(O)CN(C)c2ccc(C#N)c(C)c2)cc1C(F)(F)F. The summed E-state index contributed by atoms with van der Waals surface area (Å²) in [6, 6.07) is 10.2. The highest BCUT2D eigenvalue weighted by atomic mass is 19.4. The number of hydrogen-bond acceptors (Lipinski definition) is 4. The van der Waals surface area contributed by atoms with E-state index in [2.05, 4.69) is 10.9 Å². The average Bonchev–Trinajstić information content (AvgIpc) is 2.66. The molecule has 0 radical (unpaired) electrons. The van der Waals surface area contributed by atoms with Crippen molar-refractivity contribution in [3.05, 3.63) is 70.1 Å². The van der Waals surface area contributed by atoms with E-state index in [1.54, 1.807) is 37.1 Å². The number of carbonyl (C=O) groups is 1. The lowest BCUT2D eigenvalue weighted by molar-refractivity contribution is -0.137. The maximum absolute atomic E-state index is 13.1. The van der Waals surface area contributed by atoms with Gasteiger partial charge in [-0.15, -0.1) is 0 Å². The van der Waals surface area contributed by atoms with E-state index < -0.39 is 35.2 Å². The maximum Gasteiger partial charge on any atom is 0.407 e. The molecule has 2 aromatic carbocycles. The van der Waals surface area contributed by atoms with Gasteiger partial charge in [-0.05, 0) is 43.2 Å². The van der Waals surface area contributed by atoms with Crippen LogP contribution in [-0.2, 0) is 17.4 Å². The van der Waals surface area contributed by atoms with E-state index >= 15 is 0 Å². The lowest BCUT2D eigenvalue weighted by Crippen LogP contribution is -2.46. The van der Waals surface area contributed by atoms with Gasteiger partial charge in [-0.3, -0.25) is 4.79 Å². The summed E-state index contributed by atoms with van der Waals surface area (Å²) in [6.45, 7) is 9.85. The predicted octanol–water partition coefficient (Wildman–Crippen LogP) is 4.44. The lowest BCUT2D eigenvalue weighted by Gasteiger charge is -2.29. The molecular formula is C22H20F3N3O2. The first-order valence-corrected chi connectivity index (χ1v) is 8.94. The summed E-state index contributed by atoms with van der Waals surface area (Å²) in [5.41, 5.74) is -1.47. The molecule has 1 atom stereocenters. The Morgan fingerprint density at radius 1 is 1.27 bits per heavy atom. The number of carbonyl (C=O) groups excluding carboxylic acids is 1. The second-order valence-electron chi connectivity index (χ2n) is 7.30. The van der Waals surface area contributed by atoms with Crippen LogP contribution in [-0.4, -0.2) is 30.1 Å². The van der Waals surface area contributed by atoms with Gasteiger partial charge in [0.05, 0.1) is 30.3 Å². The van der Waals surface area contributed by atoms with E-state index in [4.69, 9.17) is 11.8 Å². The van der Waals surface area contributed by atoms with E-state index in [-0.39, 0.29) is 12.1 Å². The number of halogens is 3. The minimum absolute atomic E-state index is 0.0665. The van der Waals surface area contributed by atoms with Gasteiger partial charge in [-0.2, -0.15) is 18.4 Å². The minimum Gasteiger partial charge on any atom is -0.380 e. The minimum atomic E-state index is -4.71. The highest BCUT2D eigenvalue weighted by molar-refractivity contribution is 5.89. The molecule has 0 aromatic heterocycles. The Balaban J connectivity index is 2.19. The first-order chi connectivity index (χ1) is 13.9. The zero-order valence-corrected chi connectivity index (χ0v) is 16.7. The Labute approximate surface area is 172 Å². The highest BCUT2D eigenvalue weighted by Crippen LogP contribution is 2.37. The quantitative estimate of drug-likeness (QED) is 0.709. The molecule has 0 spiro atoms. The second-order valence-corrected chi connectivity index (χ2v) is 7.30. The summed E-state index contributed by atoms with van der Waals surface area (Å²) in [5, 5.41) is 19.7. The zero-order chi connectivity index (χ0) is 22.7. The normalized spacial score (nSPS) is 13.1. The van der Waals surface area contributed by atoms with Crippen molar-refractivity contribution >= 4 is 17.2 Å². The fraction of sp³-hybridized carbons (Fsp3) is 0.318. The van der Waals surface area contributed by atoms with Crippen LogP contribution in [0.25, 0.3) is 4.85 Å². The van der Waals surface area contributed by atoms with Crippen LogP contribution in [0.5, 0.6) is 0 Å². The molecule has 5 nitrogen and oxygen atoms in total. The topological polar surface area (TPSA) is 68.7 Å². The Morgan fingerprint density at radius 2 is 1.93 bits per heavy atom. The molecule has 0 aliphatic rings. The number of nitriles is 1. The predicted molar refractivity (Wildman–Crippen MR) is 106 cm³/mol. The zero-order valence-electron chi connectivity index (χ0n) is 16.7. The molecule has 1 N–H and O–H groups in total. The number of Topliss-reactive ketones (excluding diaryl/α,β-unsaturated/α-hetero) is 1. The lowest BCUT2D eigenvalue weighted by atomic mass is 9.93. The molecular weight excluding hydrogens is 395 g/mol. The number of anilines is 1. The molecule has 156 valence electrons. The number of nitrogens with zero attached hydrogens (tertiary/aromatic N) is 3. The van der Waals surface area contributed by atoms with Gasteiger partial charge in [-0.1, -0.05) is 18.2 Å². The van der Waals surface area contributed by atoms with Crippen molar-refractivity contribution in [1.82, 2.24) is 0 Å². The van der Waals surface area contributed by atoms with Crippen LogP contribution >= 0.6 is 0 Å². The Kier molecular flexibility index (Phi) is 6.54. The molecule has 0 saturated heterocycles. The van der Waals surface area contributed by atoms with Crippen LogP contribution in [0.4, 0.5) is 24.5 Å². The smallest absolute Gasteiger partial charge is 0.380 e. The van der Waals surface area contributed by atoms with Gasteiger partial charge in [-0.25, -0.2) is 4.85 Å². The number of aryl methyl sites for hydroxylation is 1. The summed E-state index contributed by atoms with van der Waals surface area (Å²) in [5.74, 6) is -0.650. The summed E-state index contributed by atoms with van der Waals surface area (Å²) in [4.78, 5) is 17.1. The van der Waals surface area contributed by atoms with Crippen LogP contribution < -0.4 is 4.90 Å². The van der Waals surface area contributed by atoms with Gasteiger partial charge in [0.2, 0.25) is 0 Å². The summed E-state index contributed by atoms with van der Waals surface area (Å²) >= 11 is 0. The Bertz CT molecular complexity index is 1050. The van der Waals surface area contributed by atoms with Crippen molar-refractivity contribution in [3.8, 4) is 6.07 Å². The molecule has 0 unspecified atom stereocenters. The van der Waals surface area contributed by atoms with Gasteiger partial charge in [0.1, 0.15) is 5.60 Å². The van der Waals surface area contributed by atoms with Gasteiger partial charge in [0, 0.05) is 19.2 Å². The van der Waals surface area contributed by atoms with Crippen molar-refractivity contribution in [2.45, 2.75) is 32.0 Å². The molecule has 8 heteroatoms. The van der Waals surface area contributed by atoms with Crippen molar-refractivity contribution in [2.75, 3.05) is 18.5 Å². The van der Waals surface area contributed by atoms with E-state index in [9.17, 15) is 23.1 Å². The molecule has 0 aliphatic heterocycles. The number of aliphatic hydroxyl groups is 1. The fourth-order valence-electron chi connectivity index (χ4n) is 3.05. The van der Waals surface area contributed by atoms with Crippen LogP contribution in [0.1, 0.15) is 29.2 Å². The fourth-order valence-corrected chi connectivity index (χ4v) is 3.05. The number of alkyl halides is 3. The average molecular weight is 415 g/mol.